The number of aliphatic imine (C=N–C) groups is 1. The average molecular weight is 222 g/mol. The number of methoxy groups -OCH3 is 1. The molecule has 0 bridgehead atoms. The van der Waals surface area contributed by atoms with Crippen LogP contribution in [0.15, 0.2) is 23.2 Å². The third kappa shape index (κ3) is 2.90. The summed E-state index contributed by atoms with van der Waals surface area (Å²) in [4.78, 5) is 23.4. The molecule has 1 aromatic carbocycles. The van der Waals surface area contributed by atoms with Crippen LogP contribution in [0.5, 0.6) is 5.75 Å². The van der Waals surface area contributed by atoms with E-state index in [4.69, 9.17) is 4.74 Å². The van der Waals surface area contributed by atoms with Crippen LogP contribution in [-0.4, -0.2) is 24.7 Å². The molecule has 0 atom stereocenters. The molecule has 0 unspecified atom stereocenters. The molecule has 0 heterocycles. The van der Waals surface area contributed by atoms with Crippen molar-refractivity contribution in [1.82, 2.24) is 0 Å². The van der Waals surface area contributed by atoms with Gasteiger partial charge in [-0.25, -0.2) is 9.79 Å². The summed E-state index contributed by atoms with van der Waals surface area (Å²) in [5.74, 6) is 0.206. The fourth-order valence-corrected chi connectivity index (χ4v) is 1.26. The van der Waals surface area contributed by atoms with E-state index >= 15 is 0 Å². The van der Waals surface area contributed by atoms with Gasteiger partial charge in [-0.15, -0.1) is 0 Å². The molecule has 0 aliphatic carbocycles. The maximum absolute atomic E-state index is 10.6. The first-order chi connectivity index (χ1) is 7.69. The lowest BCUT2D eigenvalue weighted by Crippen LogP contribution is -1.96. The van der Waals surface area contributed by atoms with Gasteiger partial charge >= 0.3 is 5.69 Å². The number of hydrogen-bond acceptors (Lipinski definition) is 5. The van der Waals surface area contributed by atoms with Crippen LogP contribution in [0.4, 0.5) is 5.69 Å². The van der Waals surface area contributed by atoms with Gasteiger partial charge in [-0.05, 0) is 18.1 Å². The predicted octanol–water partition coefficient (Wildman–Crippen LogP) is 1.48. The number of carbonyl (C=O) groups excluding carboxylic acids is 1. The fourth-order valence-electron chi connectivity index (χ4n) is 1.26. The monoisotopic (exact) mass is 222 g/mol. The Morgan fingerprint density at radius 1 is 1.56 bits per heavy atom. The third-order valence-corrected chi connectivity index (χ3v) is 2.02. The summed E-state index contributed by atoms with van der Waals surface area (Å²) in [5.41, 5.74) is 0.742. The van der Waals surface area contributed by atoms with Gasteiger partial charge in [0.05, 0.1) is 18.6 Å². The lowest BCUT2D eigenvalue weighted by atomic mass is 10.1. The first kappa shape index (κ1) is 11.9. The number of ether oxygens (including phenoxy) is 1. The maximum Gasteiger partial charge on any atom is 0.310 e. The van der Waals surface area contributed by atoms with Crippen LogP contribution in [0.1, 0.15) is 5.56 Å². The largest absolute Gasteiger partial charge is 0.490 e. The summed E-state index contributed by atoms with van der Waals surface area (Å²) in [5, 5.41) is 10.6. The number of benzene rings is 1. The van der Waals surface area contributed by atoms with Crippen molar-refractivity contribution in [3.63, 3.8) is 0 Å². The van der Waals surface area contributed by atoms with E-state index in [1.807, 2.05) is 0 Å². The van der Waals surface area contributed by atoms with Crippen LogP contribution in [0.2, 0.25) is 0 Å². The Labute approximate surface area is 91.7 Å². The van der Waals surface area contributed by atoms with Crippen molar-refractivity contribution >= 4 is 11.8 Å². The molecule has 16 heavy (non-hydrogen) atoms. The van der Waals surface area contributed by atoms with Crippen molar-refractivity contribution in [1.29, 1.82) is 0 Å². The second-order valence-corrected chi connectivity index (χ2v) is 2.99. The lowest BCUT2D eigenvalue weighted by molar-refractivity contribution is -0.385. The topological polar surface area (TPSA) is 81.8 Å². The first-order valence-corrected chi connectivity index (χ1v) is 4.54. The predicted molar refractivity (Wildman–Crippen MR) is 56.3 cm³/mol. The van der Waals surface area contributed by atoms with E-state index in [0.29, 0.717) is 13.0 Å². The number of nitrogens with zero attached hydrogens (tertiary/aromatic N) is 2. The zero-order valence-corrected chi connectivity index (χ0v) is 8.67. The number of hydrogen-bond donors (Lipinski definition) is 0. The Morgan fingerprint density at radius 2 is 2.31 bits per heavy atom. The van der Waals surface area contributed by atoms with Crippen LogP contribution in [0.3, 0.4) is 0 Å². The Balaban J connectivity index is 2.90. The molecular formula is C10H10N2O4. The Bertz CT molecular complexity index is 438. The van der Waals surface area contributed by atoms with E-state index in [-0.39, 0.29) is 11.4 Å². The molecule has 0 amide bonds. The molecule has 0 aromatic heterocycles. The zero-order valence-electron chi connectivity index (χ0n) is 8.67. The van der Waals surface area contributed by atoms with Gasteiger partial charge in [0.1, 0.15) is 0 Å². The molecule has 1 rings (SSSR count). The second-order valence-electron chi connectivity index (χ2n) is 2.99. The SMILES string of the molecule is COc1cc(CCN=C=O)ccc1[N+](=O)[O-]. The van der Waals surface area contributed by atoms with E-state index in [1.165, 1.54) is 19.3 Å². The molecule has 0 radical (unpaired) electrons. The van der Waals surface area contributed by atoms with Crippen LogP contribution in [0.25, 0.3) is 0 Å². The van der Waals surface area contributed by atoms with Crippen molar-refractivity contribution < 1.29 is 14.5 Å². The van der Waals surface area contributed by atoms with E-state index < -0.39 is 4.92 Å². The van der Waals surface area contributed by atoms with E-state index in [1.54, 1.807) is 12.1 Å². The highest BCUT2D eigenvalue weighted by atomic mass is 16.6. The molecule has 6 nitrogen and oxygen atoms in total. The lowest BCUT2D eigenvalue weighted by Gasteiger charge is -2.03. The minimum absolute atomic E-state index is 0.0786. The van der Waals surface area contributed by atoms with Crippen LogP contribution in [-0.2, 0) is 11.2 Å². The molecule has 0 saturated heterocycles. The highest BCUT2D eigenvalue weighted by Gasteiger charge is 2.14. The zero-order chi connectivity index (χ0) is 12.0. The van der Waals surface area contributed by atoms with Crippen molar-refractivity contribution in [3.05, 3.63) is 33.9 Å². The molecule has 84 valence electrons. The minimum Gasteiger partial charge on any atom is -0.490 e. The van der Waals surface area contributed by atoms with Crippen molar-refractivity contribution in [2.45, 2.75) is 6.42 Å². The van der Waals surface area contributed by atoms with Gasteiger partial charge in [-0.2, -0.15) is 0 Å². The quantitative estimate of drug-likeness (QED) is 0.327. The Hall–Kier alpha value is -2.20. The summed E-state index contributed by atoms with van der Waals surface area (Å²) in [7, 11) is 1.37. The van der Waals surface area contributed by atoms with E-state index in [2.05, 4.69) is 4.99 Å². The summed E-state index contributed by atoms with van der Waals surface area (Å²) in [6.07, 6.45) is 1.95. The summed E-state index contributed by atoms with van der Waals surface area (Å²) >= 11 is 0. The number of nitro benzene ring substituents is 1. The van der Waals surface area contributed by atoms with Crippen molar-refractivity contribution in [3.8, 4) is 5.75 Å². The molecule has 0 aliphatic heterocycles. The van der Waals surface area contributed by atoms with Gasteiger partial charge in [-0.3, -0.25) is 10.1 Å². The van der Waals surface area contributed by atoms with Gasteiger partial charge in [0, 0.05) is 6.07 Å². The molecule has 1 aromatic rings. The summed E-state index contributed by atoms with van der Waals surface area (Å²) in [6.45, 7) is 0.310. The fraction of sp³-hybridized carbons (Fsp3) is 0.300. The molecular weight excluding hydrogens is 212 g/mol. The van der Waals surface area contributed by atoms with Gasteiger partial charge in [0.25, 0.3) is 0 Å². The maximum atomic E-state index is 10.6. The molecule has 0 N–H and O–H groups in total. The number of rotatable bonds is 5. The molecule has 0 fully saturated rings. The molecule has 0 spiro atoms. The normalized spacial score (nSPS) is 9.31. The van der Waals surface area contributed by atoms with Crippen LogP contribution >= 0.6 is 0 Å². The Kier molecular flexibility index (Phi) is 4.17. The molecule has 0 aliphatic rings. The minimum atomic E-state index is -0.508. The molecule has 0 saturated carbocycles. The third-order valence-electron chi connectivity index (χ3n) is 2.02. The summed E-state index contributed by atoms with van der Waals surface area (Å²) < 4.78 is 4.90. The first-order valence-electron chi connectivity index (χ1n) is 4.54. The highest BCUT2D eigenvalue weighted by molar-refractivity contribution is 5.48. The summed E-state index contributed by atoms with van der Waals surface area (Å²) in [6, 6.07) is 4.55. The highest BCUT2D eigenvalue weighted by Crippen LogP contribution is 2.27. The van der Waals surface area contributed by atoms with Gasteiger partial charge < -0.3 is 4.74 Å². The second kappa shape index (κ2) is 5.63. The number of nitro groups is 1. The smallest absolute Gasteiger partial charge is 0.310 e. The van der Waals surface area contributed by atoms with Gasteiger partial charge in [0.2, 0.25) is 6.08 Å². The van der Waals surface area contributed by atoms with Gasteiger partial charge in [0.15, 0.2) is 5.75 Å². The van der Waals surface area contributed by atoms with Crippen LogP contribution < -0.4 is 4.74 Å². The van der Waals surface area contributed by atoms with E-state index in [9.17, 15) is 14.9 Å². The van der Waals surface area contributed by atoms with Gasteiger partial charge in [-0.1, -0.05) is 6.07 Å². The van der Waals surface area contributed by atoms with Crippen molar-refractivity contribution in [2.24, 2.45) is 4.99 Å². The standard InChI is InChI=1S/C10H10N2O4/c1-16-10-6-8(4-5-11-7-13)2-3-9(10)12(14)15/h2-3,6H,4-5H2,1H3. The number of isocyanates is 1. The van der Waals surface area contributed by atoms with Crippen molar-refractivity contribution in [2.75, 3.05) is 13.7 Å². The van der Waals surface area contributed by atoms with E-state index in [0.717, 1.165) is 5.56 Å². The Morgan fingerprint density at radius 3 is 2.88 bits per heavy atom. The average Bonchev–Trinajstić information content (AvgIpc) is 2.29. The van der Waals surface area contributed by atoms with Crippen LogP contribution in [0, 0.1) is 10.1 Å². The molecule has 6 heteroatoms.